The zero-order chi connectivity index (χ0) is 13.3. The van der Waals surface area contributed by atoms with E-state index in [4.69, 9.17) is 10.2 Å². The van der Waals surface area contributed by atoms with Gasteiger partial charge in [0.25, 0.3) is 0 Å². The molecule has 0 aliphatic carbocycles. The number of rotatable bonds is 3. The van der Waals surface area contributed by atoms with E-state index in [1.807, 2.05) is 0 Å². The molecule has 2 aromatic rings. The van der Waals surface area contributed by atoms with E-state index < -0.39 is 11.4 Å². The number of ketones is 1. The van der Waals surface area contributed by atoms with Gasteiger partial charge in [-0.05, 0) is 19.9 Å². The highest BCUT2D eigenvalue weighted by molar-refractivity contribution is 6.09. The number of nitrogens with two attached hydrogens (primary N) is 1. The normalized spacial score (nSPS) is 11.5. The fraction of sp³-hybridized carbons (Fsp3) is 0.250. The molecule has 6 nitrogen and oxygen atoms in total. The summed E-state index contributed by atoms with van der Waals surface area (Å²) in [7, 11) is 0. The maximum Gasteiger partial charge on any atom is 0.233 e. The Balaban J connectivity index is 2.36. The van der Waals surface area contributed by atoms with Crippen molar-refractivity contribution in [1.29, 1.82) is 0 Å². The average molecular weight is 247 g/mol. The second kappa shape index (κ2) is 4.23. The predicted molar refractivity (Wildman–Crippen MR) is 63.8 cm³/mol. The fourth-order valence-corrected chi connectivity index (χ4v) is 1.42. The molecule has 2 aromatic heterocycles. The minimum absolute atomic E-state index is 0.0913. The molecular formula is C12H13N3O3. The molecule has 0 aromatic carbocycles. The van der Waals surface area contributed by atoms with E-state index in [9.17, 15) is 9.90 Å². The Hall–Kier alpha value is -2.21. The average Bonchev–Trinajstić information content (AvgIpc) is 2.77. The Morgan fingerprint density at radius 2 is 2.22 bits per heavy atom. The minimum Gasteiger partial charge on any atom is -0.460 e. The number of carbonyl (C=O) groups excluding carboxylic acids is 1. The maximum absolute atomic E-state index is 12.1. The second-order valence-corrected chi connectivity index (χ2v) is 4.41. The summed E-state index contributed by atoms with van der Waals surface area (Å²) in [6, 6.07) is 1.48. The van der Waals surface area contributed by atoms with E-state index in [1.165, 1.54) is 24.9 Å². The lowest BCUT2D eigenvalue weighted by atomic mass is 10.0. The van der Waals surface area contributed by atoms with Gasteiger partial charge in [0.05, 0.1) is 17.4 Å². The van der Waals surface area contributed by atoms with Crippen LogP contribution in [0, 0.1) is 0 Å². The molecule has 94 valence electrons. The quantitative estimate of drug-likeness (QED) is 0.787. The molecule has 0 spiro atoms. The summed E-state index contributed by atoms with van der Waals surface area (Å²) in [4.78, 5) is 19.6. The number of nitrogen functional groups attached to an aromatic ring is 1. The van der Waals surface area contributed by atoms with Gasteiger partial charge in [-0.1, -0.05) is 0 Å². The van der Waals surface area contributed by atoms with Crippen LogP contribution in [0.25, 0.3) is 0 Å². The van der Waals surface area contributed by atoms with E-state index >= 15 is 0 Å². The van der Waals surface area contributed by atoms with E-state index in [-0.39, 0.29) is 17.1 Å². The van der Waals surface area contributed by atoms with Gasteiger partial charge in [-0.3, -0.25) is 4.79 Å². The Bertz CT molecular complexity index is 584. The number of anilines is 1. The third-order valence-corrected chi connectivity index (χ3v) is 2.52. The molecular weight excluding hydrogens is 234 g/mol. The number of hydrogen-bond acceptors (Lipinski definition) is 6. The van der Waals surface area contributed by atoms with E-state index in [0.29, 0.717) is 5.56 Å². The van der Waals surface area contributed by atoms with Gasteiger partial charge in [0.2, 0.25) is 5.78 Å². The van der Waals surface area contributed by atoms with Crippen LogP contribution in [0.15, 0.2) is 29.3 Å². The highest BCUT2D eigenvalue weighted by atomic mass is 16.3. The van der Waals surface area contributed by atoms with Gasteiger partial charge in [0.1, 0.15) is 12.1 Å². The van der Waals surface area contributed by atoms with Crippen molar-refractivity contribution in [2.24, 2.45) is 0 Å². The van der Waals surface area contributed by atoms with Gasteiger partial charge in [0.15, 0.2) is 5.76 Å². The Kier molecular flexibility index (Phi) is 2.88. The molecule has 0 radical (unpaired) electrons. The number of aromatic nitrogens is 2. The van der Waals surface area contributed by atoms with Crippen LogP contribution in [0.4, 0.5) is 5.82 Å². The van der Waals surface area contributed by atoms with Crippen LogP contribution >= 0.6 is 0 Å². The van der Waals surface area contributed by atoms with Crippen molar-refractivity contribution in [2.45, 2.75) is 19.4 Å². The summed E-state index contributed by atoms with van der Waals surface area (Å²) in [5, 5.41) is 9.79. The predicted octanol–water partition coefficient (Wildman–Crippen LogP) is 1.11. The molecule has 0 aliphatic rings. The molecule has 0 bridgehead atoms. The second-order valence-electron chi connectivity index (χ2n) is 4.41. The van der Waals surface area contributed by atoms with Crippen LogP contribution in [0.2, 0.25) is 0 Å². The molecule has 0 fully saturated rings. The molecule has 0 saturated carbocycles. The minimum atomic E-state index is -1.07. The van der Waals surface area contributed by atoms with E-state index in [2.05, 4.69) is 9.97 Å². The van der Waals surface area contributed by atoms with Crippen LogP contribution in [0.5, 0.6) is 0 Å². The molecule has 2 heterocycles. The molecule has 6 heteroatoms. The first-order valence-electron chi connectivity index (χ1n) is 5.31. The van der Waals surface area contributed by atoms with Crippen molar-refractivity contribution in [3.8, 4) is 0 Å². The van der Waals surface area contributed by atoms with Crippen molar-refractivity contribution in [3.63, 3.8) is 0 Å². The zero-order valence-corrected chi connectivity index (χ0v) is 10.0. The zero-order valence-electron chi connectivity index (χ0n) is 10.0. The topological polar surface area (TPSA) is 102 Å². The molecule has 2 rings (SSSR count). The molecule has 0 unspecified atom stereocenters. The van der Waals surface area contributed by atoms with E-state index in [1.54, 1.807) is 13.8 Å². The van der Waals surface area contributed by atoms with Gasteiger partial charge < -0.3 is 15.3 Å². The summed E-state index contributed by atoms with van der Waals surface area (Å²) in [5.41, 5.74) is 5.21. The van der Waals surface area contributed by atoms with Gasteiger partial charge in [-0.2, -0.15) is 0 Å². The molecule has 0 amide bonds. The Labute approximate surface area is 103 Å². The summed E-state index contributed by atoms with van der Waals surface area (Å²) in [6.45, 7) is 3.21. The molecule has 0 aliphatic heterocycles. The largest absolute Gasteiger partial charge is 0.460 e. The van der Waals surface area contributed by atoms with Crippen LogP contribution < -0.4 is 5.73 Å². The van der Waals surface area contributed by atoms with Crippen molar-refractivity contribution in [2.75, 3.05) is 5.73 Å². The smallest absolute Gasteiger partial charge is 0.233 e. The van der Waals surface area contributed by atoms with Crippen molar-refractivity contribution in [3.05, 3.63) is 41.7 Å². The monoisotopic (exact) mass is 247 g/mol. The third kappa shape index (κ3) is 2.23. The van der Waals surface area contributed by atoms with Crippen molar-refractivity contribution < 1.29 is 14.3 Å². The van der Waals surface area contributed by atoms with Gasteiger partial charge in [0, 0.05) is 11.8 Å². The van der Waals surface area contributed by atoms with Crippen LogP contribution in [0.1, 0.15) is 35.5 Å². The van der Waals surface area contributed by atoms with Crippen LogP contribution in [-0.2, 0) is 5.60 Å². The highest BCUT2D eigenvalue weighted by Gasteiger charge is 2.23. The number of aliphatic hydroxyl groups is 1. The standard InChI is InChI=1S/C12H13N3O3/c1-12(2,17)7-3-9(18-5-7)10(16)8-4-14-6-15-11(8)13/h3-6,17H,1-2H3,(H2,13,14,15). The maximum atomic E-state index is 12.1. The summed E-state index contributed by atoms with van der Waals surface area (Å²) >= 11 is 0. The fourth-order valence-electron chi connectivity index (χ4n) is 1.42. The Morgan fingerprint density at radius 3 is 2.78 bits per heavy atom. The third-order valence-electron chi connectivity index (χ3n) is 2.52. The Morgan fingerprint density at radius 1 is 1.50 bits per heavy atom. The number of nitrogens with zero attached hydrogens (tertiary/aromatic N) is 2. The molecule has 3 N–H and O–H groups in total. The molecule has 0 saturated heterocycles. The lowest BCUT2D eigenvalue weighted by Gasteiger charge is -2.13. The van der Waals surface area contributed by atoms with Gasteiger partial charge in [-0.15, -0.1) is 0 Å². The van der Waals surface area contributed by atoms with E-state index in [0.717, 1.165) is 0 Å². The van der Waals surface area contributed by atoms with Crippen LogP contribution in [-0.4, -0.2) is 20.9 Å². The first-order valence-corrected chi connectivity index (χ1v) is 5.31. The molecule has 0 atom stereocenters. The number of carbonyl (C=O) groups is 1. The summed E-state index contributed by atoms with van der Waals surface area (Å²) in [5.74, 6) is -0.228. The van der Waals surface area contributed by atoms with Crippen molar-refractivity contribution >= 4 is 11.6 Å². The lowest BCUT2D eigenvalue weighted by molar-refractivity contribution is 0.0779. The van der Waals surface area contributed by atoms with Gasteiger partial charge in [-0.25, -0.2) is 9.97 Å². The summed E-state index contributed by atoms with van der Waals surface area (Å²) in [6.07, 6.45) is 3.93. The first-order chi connectivity index (χ1) is 8.39. The van der Waals surface area contributed by atoms with Crippen molar-refractivity contribution in [1.82, 2.24) is 9.97 Å². The van der Waals surface area contributed by atoms with Gasteiger partial charge >= 0.3 is 0 Å². The highest BCUT2D eigenvalue weighted by Crippen LogP contribution is 2.23. The van der Waals surface area contributed by atoms with Crippen LogP contribution in [0.3, 0.4) is 0 Å². The lowest BCUT2D eigenvalue weighted by Crippen LogP contribution is -2.14. The SMILES string of the molecule is CC(C)(O)c1coc(C(=O)c2cncnc2N)c1. The number of hydrogen-bond donors (Lipinski definition) is 2. The molecule has 18 heavy (non-hydrogen) atoms. The first kappa shape index (κ1) is 12.3. The summed E-state index contributed by atoms with van der Waals surface area (Å²) < 4.78 is 5.14. The number of furan rings is 1.